The van der Waals surface area contributed by atoms with Crippen LogP contribution in [-0.2, 0) is 0 Å². The number of hydrogen-bond donors (Lipinski definition) is 0. The molecule has 0 fully saturated rings. The number of rotatable bonds is 1. The Morgan fingerprint density at radius 3 is 2.09 bits per heavy atom. The van der Waals surface area contributed by atoms with E-state index in [1.165, 1.54) is 0 Å². The molecule has 0 amide bonds. The number of nitrogens with zero attached hydrogens (tertiary/aromatic N) is 3. The fraction of sp³-hybridized carbons (Fsp3) is 0.750. The fourth-order valence-electron chi connectivity index (χ4n) is 0.815. The van der Waals surface area contributed by atoms with Crippen molar-refractivity contribution < 1.29 is 0 Å². The summed E-state index contributed by atoms with van der Waals surface area (Å²) in [6.07, 6.45) is 1.58. The molecule has 0 aliphatic rings. The molecule has 11 heavy (non-hydrogen) atoms. The summed E-state index contributed by atoms with van der Waals surface area (Å²) in [5.41, 5.74) is 0. The average Bonchev–Trinajstić information content (AvgIpc) is 2.39. The SMILES string of the molecule is CC.Cc1ncnn1C(C)C. The third-order valence-corrected chi connectivity index (χ3v) is 1.24. The number of hydrogen-bond acceptors (Lipinski definition) is 2. The van der Waals surface area contributed by atoms with E-state index in [-0.39, 0.29) is 0 Å². The molecule has 0 spiro atoms. The molecular formula is C8H17N3. The molecule has 3 heteroatoms. The highest BCUT2D eigenvalue weighted by molar-refractivity contribution is 4.79. The number of aromatic nitrogens is 3. The second kappa shape index (κ2) is 4.88. The van der Waals surface area contributed by atoms with Crippen LogP contribution in [0.3, 0.4) is 0 Å². The zero-order valence-corrected chi connectivity index (χ0v) is 8.00. The van der Waals surface area contributed by atoms with E-state index in [2.05, 4.69) is 23.9 Å². The summed E-state index contributed by atoms with van der Waals surface area (Å²) in [5.74, 6) is 0.977. The second-order valence-electron chi connectivity index (χ2n) is 2.35. The minimum atomic E-state index is 0.424. The lowest BCUT2D eigenvalue weighted by molar-refractivity contribution is 0.516. The Morgan fingerprint density at radius 1 is 1.36 bits per heavy atom. The second-order valence-corrected chi connectivity index (χ2v) is 2.35. The molecular weight excluding hydrogens is 138 g/mol. The maximum Gasteiger partial charge on any atom is 0.138 e. The summed E-state index contributed by atoms with van der Waals surface area (Å²) in [4.78, 5) is 3.99. The summed E-state index contributed by atoms with van der Waals surface area (Å²) < 4.78 is 1.89. The Bertz CT molecular complexity index is 191. The van der Waals surface area contributed by atoms with Crippen LogP contribution in [0, 0.1) is 6.92 Å². The molecule has 0 saturated heterocycles. The van der Waals surface area contributed by atoms with Gasteiger partial charge < -0.3 is 0 Å². The summed E-state index contributed by atoms with van der Waals surface area (Å²) >= 11 is 0. The first-order chi connectivity index (χ1) is 5.22. The minimum absolute atomic E-state index is 0.424. The summed E-state index contributed by atoms with van der Waals surface area (Å²) in [6, 6.07) is 0.424. The Kier molecular flexibility index (Phi) is 4.50. The van der Waals surface area contributed by atoms with Gasteiger partial charge in [0.1, 0.15) is 12.2 Å². The van der Waals surface area contributed by atoms with Crippen LogP contribution in [0.4, 0.5) is 0 Å². The highest BCUT2D eigenvalue weighted by Crippen LogP contribution is 2.02. The van der Waals surface area contributed by atoms with E-state index in [0.29, 0.717) is 6.04 Å². The molecule has 0 bridgehead atoms. The summed E-state index contributed by atoms with van der Waals surface area (Å²) in [5, 5.41) is 4.02. The lowest BCUT2D eigenvalue weighted by atomic mass is 10.4. The van der Waals surface area contributed by atoms with Crippen molar-refractivity contribution in [3.8, 4) is 0 Å². The van der Waals surface area contributed by atoms with Crippen LogP contribution in [0.15, 0.2) is 6.33 Å². The van der Waals surface area contributed by atoms with Gasteiger partial charge in [-0.05, 0) is 20.8 Å². The maximum atomic E-state index is 4.02. The molecule has 0 aromatic carbocycles. The van der Waals surface area contributed by atoms with Crippen LogP contribution in [0.25, 0.3) is 0 Å². The van der Waals surface area contributed by atoms with Gasteiger partial charge in [0.05, 0.1) is 0 Å². The van der Waals surface area contributed by atoms with Crippen molar-refractivity contribution in [1.29, 1.82) is 0 Å². The van der Waals surface area contributed by atoms with Crippen LogP contribution in [0.1, 0.15) is 39.6 Å². The smallest absolute Gasteiger partial charge is 0.138 e. The van der Waals surface area contributed by atoms with Gasteiger partial charge in [-0.2, -0.15) is 5.10 Å². The van der Waals surface area contributed by atoms with E-state index in [1.807, 2.05) is 25.5 Å². The molecule has 0 atom stereocenters. The molecule has 0 aliphatic heterocycles. The highest BCUT2D eigenvalue weighted by atomic mass is 15.3. The first-order valence-corrected chi connectivity index (χ1v) is 4.08. The van der Waals surface area contributed by atoms with Gasteiger partial charge in [0.2, 0.25) is 0 Å². The maximum absolute atomic E-state index is 4.02. The van der Waals surface area contributed by atoms with Crippen molar-refractivity contribution in [2.24, 2.45) is 0 Å². The van der Waals surface area contributed by atoms with Crippen LogP contribution in [-0.4, -0.2) is 14.8 Å². The van der Waals surface area contributed by atoms with Gasteiger partial charge in [0.25, 0.3) is 0 Å². The molecule has 0 N–H and O–H groups in total. The molecule has 0 aliphatic carbocycles. The van der Waals surface area contributed by atoms with Gasteiger partial charge >= 0.3 is 0 Å². The van der Waals surface area contributed by atoms with Crippen molar-refractivity contribution >= 4 is 0 Å². The van der Waals surface area contributed by atoms with Crippen molar-refractivity contribution in [1.82, 2.24) is 14.8 Å². The van der Waals surface area contributed by atoms with Gasteiger partial charge in [0.15, 0.2) is 0 Å². The minimum Gasteiger partial charge on any atom is -0.248 e. The van der Waals surface area contributed by atoms with Crippen LogP contribution in [0.2, 0.25) is 0 Å². The quantitative estimate of drug-likeness (QED) is 0.622. The Morgan fingerprint density at radius 2 is 1.91 bits per heavy atom. The third kappa shape index (κ3) is 2.70. The van der Waals surface area contributed by atoms with Crippen LogP contribution >= 0.6 is 0 Å². The Balaban J connectivity index is 0.000000461. The molecule has 1 heterocycles. The molecule has 1 rings (SSSR count). The summed E-state index contributed by atoms with van der Waals surface area (Å²) in [6.45, 7) is 10.1. The van der Waals surface area contributed by atoms with Crippen LogP contribution < -0.4 is 0 Å². The Labute approximate surface area is 68.5 Å². The first kappa shape index (κ1) is 10.1. The van der Waals surface area contributed by atoms with Crippen LogP contribution in [0.5, 0.6) is 0 Å². The van der Waals surface area contributed by atoms with E-state index in [0.717, 1.165) is 5.82 Å². The van der Waals surface area contributed by atoms with Crippen molar-refractivity contribution in [3.63, 3.8) is 0 Å². The van der Waals surface area contributed by atoms with E-state index in [1.54, 1.807) is 6.33 Å². The fourth-order valence-corrected chi connectivity index (χ4v) is 0.815. The van der Waals surface area contributed by atoms with Gasteiger partial charge in [0, 0.05) is 6.04 Å². The lowest BCUT2D eigenvalue weighted by Gasteiger charge is -2.04. The van der Waals surface area contributed by atoms with E-state index < -0.39 is 0 Å². The molecule has 64 valence electrons. The first-order valence-electron chi connectivity index (χ1n) is 4.08. The standard InChI is InChI=1S/C6H11N3.C2H6/c1-5(2)9-6(3)7-4-8-9;1-2/h4-5H,1-3H3;1-2H3. The van der Waals surface area contributed by atoms with E-state index >= 15 is 0 Å². The molecule has 3 nitrogen and oxygen atoms in total. The molecule has 0 radical (unpaired) electrons. The predicted molar refractivity (Wildman–Crippen MR) is 46.5 cm³/mol. The predicted octanol–water partition coefficient (Wildman–Crippen LogP) is 2.19. The third-order valence-electron chi connectivity index (χ3n) is 1.24. The van der Waals surface area contributed by atoms with Gasteiger partial charge in [-0.3, -0.25) is 0 Å². The molecule has 0 unspecified atom stereocenters. The summed E-state index contributed by atoms with van der Waals surface area (Å²) in [7, 11) is 0. The monoisotopic (exact) mass is 155 g/mol. The van der Waals surface area contributed by atoms with Crippen molar-refractivity contribution in [2.45, 2.75) is 40.7 Å². The largest absolute Gasteiger partial charge is 0.248 e. The van der Waals surface area contributed by atoms with Gasteiger partial charge in [-0.15, -0.1) is 0 Å². The topological polar surface area (TPSA) is 30.7 Å². The van der Waals surface area contributed by atoms with E-state index in [4.69, 9.17) is 0 Å². The zero-order valence-electron chi connectivity index (χ0n) is 8.00. The van der Waals surface area contributed by atoms with Crippen molar-refractivity contribution in [3.05, 3.63) is 12.2 Å². The highest BCUT2D eigenvalue weighted by Gasteiger charge is 1.99. The number of aryl methyl sites for hydroxylation is 1. The molecule has 0 saturated carbocycles. The lowest BCUT2D eigenvalue weighted by Crippen LogP contribution is -2.04. The average molecular weight is 155 g/mol. The molecule has 1 aromatic rings. The Hall–Kier alpha value is -0.860. The normalized spacial score (nSPS) is 9.27. The van der Waals surface area contributed by atoms with Crippen molar-refractivity contribution in [2.75, 3.05) is 0 Å². The molecule has 1 aromatic heterocycles. The van der Waals surface area contributed by atoms with Gasteiger partial charge in [-0.25, -0.2) is 9.67 Å². The van der Waals surface area contributed by atoms with E-state index in [9.17, 15) is 0 Å². The van der Waals surface area contributed by atoms with Gasteiger partial charge in [-0.1, -0.05) is 13.8 Å². The zero-order chi connectivity index (χ0) is 8.85.